The van der Waals surface area contributed by atoms with Crippen LogP contribution in [0.25, 0.3) is 10.8 Å². The Morgan fingerprint density at radius 1 is 1.04 bits per heavy atom. The molecule has 0 spiro atoms. The lowest BCUT2D eigenvalue weighted by Gasteiger charge is -2.08. The number of hydrogen-bond donors (Lipinski definition) is 2. The molecular weight excluding hydrogens is 330 g/mol. The van der Waals surface area contributed by atoms with E-state index in [1.807, 2.05) is 0 Å². The van der Waals surface area contributed by atoms with Gasteiger partial charge in [-0.3, -0.25) is 4.55 Å². The highest BCUT2D eigenvalue weighted by Gasteiger charge is 2.19. The van der Waals surface area contributed by atoms with Crippen LogP contribution in [-0.4, -0.2) is 23.1 Å². The van der Waals surface area contributed by atoms with Gasteiger partial charge in [0, 0.05) is 17.0 Å². The number of nitrogens with zero attached hydrogens (tertiary/aromatic N) is 3. The summed E-state index contributed by atoms with van der Waals surface area (Å²) in [5.74, 6) is 0.119. The lowest BCUT2D eigenvalue weighted by molar-refractivity contribution is 0.480. The Bertz CT molecular complexity index is 1060. The van der Waals surface area contributed by atoms with Crippen molar-refractivity contribution in [2.75, 3.05) is 0 Å². The summed E-state index contributed by atoms with van der Waals surface area (Å²) in [5.41, 5.74) is 0.697. The molecule has 0 saturated heterocycles. The maximum Gasteiger partial charge on any atom is 0.295 e. The Morgan fingerprint density at radius 3 is 2.42 bits per heavy atom. The van der Waals surface area contributed by atoms with Crippen molar-refractivity contribution in [2.45, 2.75) is 11.8 Å². The molecule has 0 atom stereocenters. The number of aryl methyl sites for hydroxylation is 1. The van der Waals surface area contributed by atoms with Crippen LogP contribution < -0.4 is 0 Å². The third-order valence-electron chi connectivity index (χ3n) is 3.47. The molecule has 0 aliphatic heterocycles. The predicted molar refractivity (Wildman–Crippen MR) is 88.6 cm³/mol. The lowest BCUT2D eigenvalue weighted by atomic mass is 10.1. The Morgan fingerprint density at radius 2 is 1.75 bits per heavy atom. The normalized spacial score (nSPS) is 12.1. The van der Waals surface area contributed by atoms with Gasteiger partial charge in [0.25, 0.3) is 10.1 Å². The van der Waals surface area contributed by atoms with Crippen molar-refractivity contribution in [1.82, 2.24) is 4.98 Å². The van der Waals surface area contributed by atoms with Gasteiger partial charge in [-0.15, -0.1) is 10.2 Å². The number of aromatic hydroxyl groups is 1. The van der Waals surface area contributed by atoms with Crippen LogP contribution in [0.4, 0.5) is 11.5 Å². The predicted octanol–water partition coefficient (Wildman–Crippen LogP) is 3.91. The summed E-state index contributed by atoms with van der Waals surface area (Å²) in [6.45, 7) is 1.80. The number of fused-ring (bicyclic) bond motifs is 1. The van der Waals surface area contributed by atoms with Gasteiger partial charge in [0.15, 0.2) is 11.6 Å². The maximum absolute atomic E-state index is 11.6. The smallest absolute Gasteiger partial charge is 0.295 e. The molecule has 0 saturated carbocycles. The zero-order chi connectivity index (χ0) is 17.3. The number of pyridine rings is 1. The fourth-order valence-electron chi connectivity index (χ4n) is 2.29. The van der Waals surface area contributed by atoms with Crippen LogP contribution in [0.15, 0.2) is 63.8 Å². The highest BCUT2D eigenvalue weighted by atomic mass is 32.2. The zero-order valence-electron chi connectivity index (χ0n) is 12.6. The fourth-order valence-corrected chi connectivity index (χ4v) is 3.00. The number of rotatable bonds is 3. The third-order valence-corrected chi connectivity index (χ3v) is 4.36. The lowest BCUT2D eigenvalue weighted by Crippen LogP contribution is -1.99. The number of phenols is 1. The summed E-state index contributed by atoms with van der Waals surface area (Å²) in [6.07, 6.45) is 1.55. The van der Waals surface area contributed by atoms with Crippen LogP contribution in [0.5, 0.6) is 5.75 Å². The molecule has 122 valence electrons. The molecule has 2 aromatic carbocycles. The second kappa shape index (κ2) is 5.99. The van der Waals surface area contributed by atoms with E-state index in [9.17, 15) is 18.1 Å². The van der Waals surface area contributed by atoms with E-state index >= 15 is 0 Å². The Labute approximate surface area is 138 Å². The first-order valence-electron chi connectivity index (χ1n) is 6.93. The number of azo groups is 1. The van der Waals surface area contributed by atoms with E-state index in [2.05, 4.69) is 15.2 Å². The van der Waals surface area contributed by atoms with Crippen LogP contribution in [-0.2, 0) is 10.1 Å². The summed E-state index contributed by atoms with van der Waals surface area (Å²) in [6, 6.07) is 10.9. The maximum atomic E-state index is 11.6. The number of benzene rings is 2. The fraction of sp³-hybridized carbons (Fsp3) is 0.0625. The molecule has 8 heteroatoms. The van der Waals surface area contributed by atoms with E-state index in [-0.39, 0.29) is 27.1 Å². The second-order valence-corrected chi connectivity index (χ2v) is 6.50. The molecule has 0 aliphatic rings. The summed E-state index contributed by atoms with van der Waals surface area (Å²) < 4.78 is 32.7. The van der Waals surface area contributed by atoms with Crippen molar-refractivity contribution >= 4 is 32.4 Å². The van der Waals surface area contributed by atoms with Gasteiger partial charge in [0.2, 0.25) is 0 Å². The zero-order valence-corrected chi connectivity index (χ0v) is 13.4. The molecule has 0 bridgehead atoms. The molecule has 3 rings (SSSR count). The summed E-state index contributed by atoms with van der Waals surface area (Å²) in [5, 5.41) is 18.6. The topological polar surface area (TPSA) is 112 Å². The first-order chi connectivity index (χ1) is 11.4. The summed E-state index contributed by atoms with van der Waals surface area (Å²) >= 11 is 0. The van der Waals surface area contributed by atoms with Gasteiger partial charge >= 0.3 is 0 Å². The average Bonchev–Trinajstić information content (AvgIpc) is 2.54. The van der Waals surface area contributed by atoms with Crippen LogP contribution in [0.3, 0.4) is 0 Å². The first kappa shape index (κ1) is 16.0. The Hall–Kier alpha value is -2.84. The van der Waals surface area contributed by atoms with Crippen molar-refractivity contribution in [3.8, 4) is 5.75 Å². The molecule has 2 N–H and O–H groups in total. The standard InChI is InChI=1S/C16H13N3O4S/c1-10-5-4-8-17-16(10)19-18-13-9-14(24(21,22)23)11-6-2-3-7-12(11)15(13)20/h2-9,20H,1H3,(H,21,22,23)/b19-18+. The van der Waals surface area contributed by atoms with E-state index in [1.54, 1.807) is 37.4 Å². The van der Waals surface area contributed by atoms with Gasteiger partial charge in [-0.05, 0) is 24.6 Å². The van der Waals surface area contributed by atoms with E-state index in [1.165, 1.54) is 12.1 Å². The van der Waals surface area contributed by atoms with E-state index < -0.39 is 10.1 Å². The molecule has 0 unspecified atom stereocenters. The van der Waals surface area contributed by atoms with Gasteiger partial charge in [-0.1, -0.05) is 30.3 Å². The summed E-state index contributed by atoms with van der Waals surface area (Å²) in [4.78, 5) is 3.70. The van der Waals surface area contributed by atoms with Crippen LogP contribution in [0.2, 0.25) is 0 Å². The second-order valence-electron chi connectivity index (χ2n) is 5.11. The number of aromatic nitrogens is 1. The van der Waals surface area contributed by atoms with E-state index in [0.717, 1.165) is 11.6 Å². The quantitative estimate of drug-likeness (QED) is 0.553. The SMILES string of the molecule is Cc1cccnc1/N=N/c1cc(S(=O)(=O)O)c2ccccc2c1O. The molecule has 0 fully saturated rings. The van der Waals surface area contributed by atoms with Crippen molar-refractivity contribution in [1.29, 1.82) is 0 Å². The van der Waals surface area contributed by atoms with E-state index in [0.29, 0.717) is 5.82 Å². The molecular formula is C16H13N3O4S. The van der Waals surface area contributed by atoms with Crippen molar-refractivity contribution in [3.63, 3.8) is 0 Å². The van der Waals surface area contributed by atoms with Gasteiger partial charge in [0.1, 0.15) is 10.6 Å². The largest absolute Gasteiger partial charge is 0.505 e. The molecule has 0 radical (unpaired) electrons. The third kappa shape index (κ3) is 2.97. The number of hydrogen-bond acceptors (Lipinski definition) is 6. The monoisotopic (exact) mass is 343 g/mol. The Kier molecular flexibility index (Phi) is 4.00. The molecule has 7 nitrogen and oxygen atoms in total. The van der Waals surface area contributed by atoms with Crippen molar-refractivity contribution in [3.05, 3.63) is 54.2 Å². The van der Waals surface area contributed by atoms with Crippen LogP contribution >= 0.6 is 0 Å². The highest BCUT2D eigenvalue weighted by molar-refractivity contribution is 7.86. The molecule has 1 heterocycles. The van der Waals surface area contributed by atoms with Gasteiger partial charge < -0.3 is 5.11 Å². The van der Waals surface area contributed by atoms with Crippen molar-refractivity contribution in [2.24, 2.45) is 10.2 Å². The number of phenolic OH excluding ortho intramolecular Hbond substituents is 1. The molecule has 3 aromatic rings. The minimum absolute atomic E-state index is 0.0774. The van der Waals surface area contributed by atoms with Crippen LogP contribution in [0, 0.1) is 6.92 Å². The highest BCUT2D eigenvalue weighted by Crippen LogP contribution is 2.39. The molecule has 24 heavy (non-hydrogen) atoms. The molecule has 1 aromatic heterocycles. The van der Waals surface area contributed by atoms with Crippen molar-refractivity contribution < 1.29 is 18.1 Å². The average molecular weight is 343 g/mol. The molecule has 0 aliphatic carbocycles. The van der Waals surface area contributed by atoms with Gasteiger partial charge in [-0.25, -0.2) is 4.98 Å². The van der Waals surface area contributed by atoms with Crippen LogP contribution in [0.1, 0.15) is 5.56 Å². The molecule has 0 amide bonds. The minimum atomic E-state index is -4.49. The van der Waals surface area contributed by atoms with Gasteiger partial charge in [-0.2, -0.15) is 8.42 Å². The van der Waals surface area contributed by atoms with Gasteiger partial charge in [0.05, 0.1) is 0 Å². The summed E-state index contributed by atoms with van der Waals surface area (Å²) in [7, 11) is -4.49. The Balaban J connectivity index is 2.22. The minimum Gasteiger partial charge on any atom is -0.505 e. The first-order valence-corrected chi connectivity index (χ1v) is 8.37. The van der Waals surface area contributed by atoms with E-state index in [4.69, 9.17) is 0 Å².